The molecule has 0 saturated carbocycles. The van der Waals surface area contributed by atoms with Crippen molar-refractivity contribution in [2.75, 3.05) is 4.90 Å². The fourth-order valence-electron chi connectivity index (χ4n) is 10.4. The molecule has 1 heterocycles. The van der Waals surface area contributed by atoms with Crippen LogP contribution in [0.4, 0.5) is 17.1 Å². The van der Waals surface area contributed by atoms with Gasteiger partial charge in [-0.1, -0.05) is 224 Å². The quantitative estimate of drug-likeness (QED) is 0.148. The van der Waals surface area contributed by atoms with Crippen molar-refractivity contribution < 1.29 is 0 Å². The Hall–Kier alpha value is -7.68. The minimum Gasteiger partial charge on any atom is -0.310 e. The summed E-state index contributed by atoms with van der Waals surface area (Å²) in [6, 6.07) is 74.7. The molecule has 2 heteroatoms. The van der Waals surface area contributed by atoms with Gasteiger partial charge in [0.1, 0.15) is 0 Å². The maximum atomic E-state index is 2.55. The summed E-state index contributed by atoms with van der Waals surface area (Å²) < 4.78 is 2.47. The first kappa shape index (κ1) is 42.9. The average molecular weight is 879 g/mol. The number of hydrogen-bond donors (Lipinski definition) is 0. The van der Waals surface area contributed by atoms with Crippen molar-refractivity contribution >= 4 is 55.3 Å². The third kappa shape index (κ3) is 7.74. The highest BCUT2D eigenvalue weighted by atomic mass is 15.1. The van der Waals surface area contributed by atoms with Crippen molar-refractivity contribution in [3.05, 3.63) is 230 Å². The lowest BCUT2D eigenvalue weighted by Crippen LogP contribution is -2.17. The molecule has 0 spiro atoms. The molecule has 0 N–H and O–H groups in total. The van der Waals surface area contributed by atoms with Crippen molar-refractivity contribution in [1.82, 2.24) is 4.57 Å². The highest BCUT2D eigenvalue weighted by Crippen LogP contribution is 2.50. The minimum absolute atomic E-state index is 0.0424. The zero-order chi connectivity index (χ0) is 46.6. The lowest BCUT2D eigenvalue weighted by atomic mass is 9.78. The van der Waals surface area contributed by atoms with Gasteiger partial charge in [-0.2, -0.15) is 0 Å². The Kier molecular flexibility index (Phi) is 10.9. The third-order valence-electron chi connectivity index (χ3n) is 13.9. The van der Waals surface area contributed by atoms with E-state index in [1.165, 1.54) is 82.8 Å². The van der Waals surface area contributed by atoms with Crippen LogP contribution in [-0.4, -0.2) is 4.57 Å². The van der Waals surface area contributed by atoms with E-state index < -0.39 is 0 Å². The van der Waals surface area contributed by atoms with E-state index in [1.54, 1.807) is 0 Å². The van der Waals surface area contributed by atoms with Gasteiger partial charge < -0.3 is 9.47 Å². The molecule has 0 amide bonds. The summed E-state index contributed by atoms with van der Waals surface area (Å²) in [5, 5.41) is 4.98. The van der Waals surface area contributed by atoms with Crippen LogP contribution in [0.25, 0.3) is 82.8 Å². The van der Waals surface area contributed by atoms with Crippen LogP contribution in [0, 0.1) is 0 Å². The smallest absolute Gasteiger partial charge is 0.0547 e. The molecule has 10 aromatic rings. The summed E-state index contributed by atoms with van der Waals surface area (Å²) in [5.74, 6) is 0. The highest BCUT2D eigenvalue weighted by Gasteiger charge is 2.27. The first-order valence-electron chi connectivity index (χ1n) is 24.2. The van der Waals surface area contributed by atoms with Gasteiger partial charge in [0.05, 0.1) is 28.1 Å². The number of hydrogen-bond acceptors (Lipinski definition) is 1. The van der Waals surface area contributed by atoms with Gasteiger partial charge in [-0.3, -0.25) is 0 Å². The molecule has 2 nitrogen and oxygen atoms in total. The number of rotatable bonds is 8. The summed E-state index contributed by atoms with van der Waals surface area (Å²) in [6.07, 6.45) is 9.10. The van der Waals surface area contributed by atoms with Gasteiger partial charge in [0.25, 0.3) is 0 Å². The molecule has 0 radical (unpaired) electrons. The maximum Gasteiger partial charge on any atom is 0.0547 e. The fourth-order valence-corrected chi connectivity index (χ4v) is 10.4. The zero-order valence-electron chi connectivity index (χ0n) is 40.1. The largest absolute Gasteiger partial charge is 0.310 e. The van der Waals surface area contributed by atoms with Crippen molar-refractivity contribution in [2.24, 2.45) is 0 Å². The molecule has 68 heavy (non-hydrogen) atoms. The maximum absolute atomic E-state index is 2.55. The summed E-state index contributed by atoms with van der Waals surface area (Å²) in [7, 11) is 0. The number of nitrogens with zero attached hydrogens (tertiary/aromatic N) is 2. The van der Waals surface area contributed by atoms with Crippen LogP contribution >= 0.6 is 0 Å². The molecule has 1 aromatic heterocycles. The summed E-state index contributed by atoms with van der Waals surface area (Å²) in [6.45, 7) is 14.0. The topological polar surface area (TPSA) is 8.17 Å². The Balaban J connectivity index is 1.20. The van der Waals surface area contributed by atoms with Crippen molar-refractivity contribution in [1.29, 1.82) is 0 Å². The van der Waals surface area contributed by atoms with Gasteiger partial charge in [-0.25, -0.2) is 0 Å². The Morgan fingerprint density at radius 2 is 0.941 bits per heavy atom. The Morgan fingerprint density at radius 3 is 1.59 bits per heavy atom. The number of para-hydroxylation sites is 4. The van der Waals surface area contributed by atoms with Gasteiger partial charge in [0.15, 0.2) is 0 Å². The molecule has 0 atom stereocenters. The van der Waals surface area contributed by atoms with Crippen LogP contribution in [0.1, 0.15) is 65.5 Å². The van der Waals surface area contributed by atoms with Crippen molar-refractivity contribution in [2.45, 2.75) is 65.2 Å². The standard InChI is InChI=1S/C66H58N2/c1-65(2,3)49-41-48(42-50(44-49)66(4,5)6)53-30-14-18-36-60(53)68(62-38-20-16-32-56(62)58-34-22-26-46-25-21-33-54(64(46)58)45-23-9-7-10-24-45)59-35-17-13-29-52(59)47-39-40-57-55-31-15-19-37-61(55)67(63(57)43-47)51-27-11-8-12-28-51/h7,9-11,13-44H,8,12H2,1-6H3. The SMILES string of the molecule is CC(C)(C)c1cc(-c2ccccc2N(c2ccccc2-c2ccc3c4ccccc4n(C4=CCCC=C4)c3c2)c2ccccc2-c2cccc3cccc(-c4ccccc4)c23)cc(C(C)(C)C)c1. The normalized spacial score (nSPS) is 13.1. The molecular weight excluding hydrogens is 821 g/mol. The highest BCUT2D eigenvalue weighted by molar-refractivity contribution is 6.13. The summed E-state index contributed by atoms with van der Waals surface area (Å²) in [4.78, 5) is 2.55. The van der Waals surface area contributed by atoms with E-state index in [0.29, 0.717) is 0 Å². The van der Waals surface area contributed by atoms with Crippen LogP contribution in [-0.2, 0) is 10.8 Å². The minimum atomic E-state index is -0.0424. The predicted octanol–water partition coefficient (Wildman–Crippen LogP) is 18.9. The molecule has 0 fully saturated rings. The van der Waals surface area contributed by atoms with E-state index in [0.717, 1.165) is 41.0 Å². The Bertz CT molecular complexity index is 3550. The second-order valence-corrected chi connectivity index (χ2v) is 20.5. The van der Waals surface area contributed by atoms with Crippen molar-refractivity contribution in [3.8, 4) is 44.5 Å². The molecule has 0 aliphatic heterocycles. The van der Waals surface area contributed by atoms with Crippen LogP contribution in [0.3, 0.4) is 0 Å². The van der Waals surface area contributed by atoms with Gasteiger partial charge >= 0.3 is 0 Å². The number of allylic oxidation sites excluding steroid dienone is 4. The molecule has 0 unspecified atom stereocenters. The molecule has 9 aromatic carbocycles. The second kappa shape index (κ2) is 17.2. The summed E-state index contributed by atoms with van der Waals surface area (Å²) in [5.41, 5.74) is 19.1. The molecule has 1 aliphatic carbocycles. The summed E-state index contributed by atoms with van der Waals surface area (Å²) >= 11 is 0. The molecule has 332 valence electrons. The van der Waals surface area contributed by atoms with E-state index >= 15 is 0 Å². The first-order chi connectivity index (χ1) is 33.0. The fraction of sp³-hybridized carbons (Fsp3) is 0.152. The lowest BCUT2D eigenvalue weighted by Gasteiger charge is -2.32. The molecular formula is C66H58N2. The Morgan fingerprint density at radius 1 is 0.397 bits per heavy atom. The van der Waals surface area contributed by atoms with Crippen LogP contribution < -0.4 is 4.90 Å². The van der Waals surface area contributed by atoms with E-state index in [9.17, 15) is 0 Å². The van der Waals surface area contributed by atoms with Crippen LogP contribution in [0.5, 0.6) is 0 Å². The van der Waals surface area contributed by atoms with E-state index in [1.807, 2.05) is 0 Å². The molecule has 0 saturated heterocycles. The monoisotopic (exact) mass is 878 g/mol. The first-order valence-corrected chi connectivity index (χ1v) is 24.2. The van der Waals surface area contributed by atoms with Gasteiger partial charge in [0.2, 0.25) is 0 Å². The number of fused-ring (bicyclic) bond motifs is 4. The third-order valence-corrected chi connectivity index (χ3v) is 13.9. The van der Waals surface area contributed by atoms with Gasteiger partial charge in [-0.15, -0.1) is 0 Å². The van der Waals surface area contributed by atoms with E-state index in [2.05, 4.69) is 269 Å². The number of anilines is 3. The molecule has 11 rings (SSSR count). The lowest BCUT2D eigenvalue weighted by molar-refractivity contribution is 0.569. The second-order valence-electron chi connectivity index (χ2n) is 20.5. The van der Waals surface area contributed by atoms with Crippen molar-refractivity contribution in [3.63, 3.8) is 0 Å². The van der Waals surface area contributed by atoms with Gasteiger partial charge in [-0.05, 0) is 110 Å². The average Bonchev–Trinajstić information content (AvgIpc) is 3.70. The van der Waals surface area contributed by atoms with E-state index in [4.69, 9.17) is 0 Å². The number of aromatic nitrogens is 1. The van der Waals surface area contributed by atoms with Crippen LogP contribution in [0.15, 0.2) is 218 Å². The van der Waals surface area contributed by atoms with Crippen LogP contribution in [0.2, 0.25) is 0 Å². The number of benzene rings is 9. The predicted molar refractivity (Wildman–Crippen MR) is 293 cm³/mol. The Labute approximate surface area is 402 Å². The van der Waals surface area contributed by atoms with E-state index in [-0.39, 0.29) is 10.8 Å². The molecule has 1 aliphatic rings. The zero-order valence-corrected chi connectivity index (χ0v) is 40.1. The molecule has 0 bridgehead atoms. The van der Waals surface area contributed by atoms with Gasteiger partial charge in [0, 0.05) is 33.2 Å².